The van der Waals surface area contributed by atoms with Crippen LogP contribution in [0.2, 0.25) is 0 Å². The highest BCUT2D eigenvalue weighted by atomic mass is 127. The Labute approximate surface area is 251 Å². The summed E-state index contributed by atoms with van der Waals surface area (Å²) in [5.41, 5.74) is 0.865. The van der Waals surface area contributed by atoms with E-state index in [4.69, 9.17) is 4.74 Å². The number of ether oxygens (including phenoxy) is 1. The van der Waals surface area contributed by atoms with Crippen molar-refractivity contribution in [1.82, 2.24) is 25.0 Å². The number of anilines is 2. The molecule has 2 aliphatic rings. The molecule has 0 saturated carbocycles. The van der Waals surface area contributed by atoms with Gasteiger partial charge < -0.3 is 24.8 Å². The molecule has 2 N–H and O–H groups in total. The largest absolute Gasteiger partial charge is 0.444 e. The van der Waals surface area contributed by atoms with Crippen LogP contribution >= 0.6 is 33.9 Å². The number of rotatable bonds is 4. The number of nitrogens with zero attached hydrogens (tertiary/aromatic N) is 4. The van der Waals surface area contributed by atoms with E-state index in [0.717, 1.165) is 19.8 Å². The summed E-state index contributed by atoms with van der Waals surface area (Å²) in [6.45, 7) is 13.3. The summed E-state index contributed by atoms with van der Waals surface area (Å²) in [4.78, 5) is 29.1. The number of halogens is 2. The zero-order valence-electron chi connectivity index (χ0n) is 23.5. The first-order chi connectivity index (χ1) is 18.7. The number of carbonyl (C=O) groups excluding carboxylic acids is 2. The maximum Gasteiger partial charge on any atom is 0.410 e. The minimum absolute atomic E-state index is 0.185. The third-order valence-electron chi connectivity index (χ3n) is 6.97. The molecule has 1 atom stereocenters. The summed E-state index contributed by atoms with van der Waals surface area (Å²) < 4.78 is 23.3. The van der Waals surface area contributed by atoms with E-state index in [1.165, 1.54) is 17.4 Å². The van der Waals surface area contributed by atoms with Crippen LogP contribution in [0.3, 0.4) is 0 Å². The molecule has 0 bridgehead atoms. The zero-order valence-corrected chi connectivity index (χ0v) is 26.5. The molecule has 0 radical (unpaired) electrons. The number of aromatic nitrogens is 3. The molecule has 4 heterocycles. The molecular weight excluding hydrogens is 646 g/mol. The van der Waals surface area contributed by atoms with Crippen molar-refractivity contribution < 1.29 is 18.7 Å². The van der Waals surface area contributed by atoms with Gasteiger partial charge in [0.05, 0.1) is 16.1 Å². The van der Waals surface area contributed by atoms with Crippen molar-refractivity contribution in [3.8, 4) is 10.7 Å². The molecule has 214 valence electrons. The lowest BCUT2D eigenvalue weighted by Gasteiger charge is -2.25. The van der Waals surface area contributed by atoms with Crippen molar-refractivity contribution in [2.45, 2.75) is 72.6 Å². The van der Waals surface area contributed by atoms with E-state index in [1.54, 1.807) is 11.0 Å². The molecule has 1 fully saturated rings. The Morgan fingerprint density at radius 3 is 2.70 bits per heavy atom. The summed E-state index contributed by atoms with van der Waals surface area (Å²) in [5.74, 6) is 0.861. The number of fused-ring (bicyclic) bond motifs is 3. The monoisotopic (exact) mass is 680 g/mol. The van der Waals surface area contributed by atoms with Gasteiger partial charge in [-0.3, -0.25) is 4.79 Å². The lowest BCUT2D eigenvalue weighted by Crippen LogP contribution is -2.40. The highest BCUT2D eigenvalue weighted by Crippen LogP contribution is 2.46. The Kier molecular flexibility index (Phi) is 7.62. The van der Waals surface area contributed by atoms with Gasteiger partial charge in [0.2, 0.25) is 0 Å². The molecule has 2 aromatic heterocycles. The summed E-state index contributed by atoms with van der Waals surface area (Å²) in [5, 5.41) is 15.7. The van der Waals surface area contributed by atoms with Crippen molar-refractivity contribution in [3.63, 3.8) is 0 Å². The van der Waals surface area contributed by atoms with Gasteiger partial charge in [0.1, 0.15) is 22.2 Å². The summed E-state index contributed by atoms with van der Waals surface area (Å²) in [6, 6.07) is 4.71. The number of aryl methyl sites for hydroxylation is 1. The van der Waals surface area contributed by atoms with E-state index in [9.17, 15) is 14.0 Å². The highest BCUT2D eigenvalue weighted by Gasteiger charge is 2.37. The minimum atomic E-state index is -0.594. The summed E-state index contributed by atoms with van der Waals surface area (Å²) in [6.07, 6.45) is 0.863. The second kappa shape index (κ2) is 10.6. The normalized spacial score (nSPS) is 18.1. The summed E-state index contributed by atoms with van der Waals surface area (Å²) >= 11 is 3.46. The molecule has 0 spiro atoms. The molecule has 40 heavy (non-hydrogen) atoms. The smallest absolute Gasteiger partial charge is 0.410 e. The van der Waals surface area contributed by atoms with Gasteiger partial charge in [-0.2, -0.15) is 0 Å². The van der Waals surface area contributed by atoms with Crippen LogP contribution < -0.4 is 10.6 Å². The van der Waals surface area contributed by atoms with Crippen molar-refractivity contribution >= 4 is 56.6 Å². The van der Waals surface area contributed by atoms with Crippen LogP contribution in [0, 0.1) is 21.7 Å². The number of hydrogen-bond acceptors (Lipinski definition) is 7. The standard InChI is InChI=1S/C28H34FIN6O3S/c1-15-33-34-23-22-18(12-28(5,6)14-36(15)23)21(25(40-22)32-20-8-7-16(30)11-19(20)29)24(37)31-17-9-10-35(13-17)26(38)39-27(2,3)4/h7-8,11,17,32H,9-10,12-14H2,1-6H3,(H,31,37). The van der Waals surface area contributed by atoms with Gasteiger partial charge in [0.25, 0.3) is 5.91 Å². The first-order valence-electron chi connectivity index (χ1n) is 13.3. The van der Waals surface area contributed by atoms with Gasteiger partial charge >= 0.3 is 6.09 Å². The minimum Gasteiger partial charge on any atom is -0.444 e. The average molecular weight is 681 g/mol. The topological polar surface area (TPSA) is 101 Å². The Morgan fingerprint density at radius 2 is 2.00 bits per heavy atom. The molecule has 3 aromatic rings. The average Bonchev–Trinajstić information content (AvgIpc) is 3.51. The van der Waals surface area contributed by atoms with Gasteiger partial charge in [-0.05, 0) is 92.3 Å². The molecule has 9 nitrogen and oxygen atoms in total. The fourth-order valence-electron chi connectivity index (χ4n) is 5.18. The Balaban J connectivity index is 1.50. The number of amides is 2. The molecule has 2 aliphatic heterocycles. The van der Waals surface area contributed by atoms with Crippen LogP contribution in [0.1, 0.15) is 62.8 Å². The second-order valence-electron chi connectivity index (χ2n) is 12.2. The molecule has 1 aromatic carbocycles. The third kappa shape index (κ3) is 5.97. The molecular formula is C28H34FIN6O3S. The number of benzene rings is 1. The highest BCUT2D eigenvalue weighted by molar-refractivity contribution is 14.1. The molecule has 5 rings (SSSR count). The maximum absolute atomic E-state index is 14.9. The Hall–Kier alpha value is -2.74. The number of thiophene rings is 1. The quantitative estimate of drug-likeness (QED) is 0.322. The first kappa shape index (κ1) is 28.8. The van der Waals surface area contributed by atoms with E-state index < -0.39 is 11.4 Å². The van der Waals surface area contributed by atoms with Crippen molar-refractivity contribution in [3.05, 3.63) is 44.5 Å². The lowest BCUT2D eigenvalue weighted by molar-refractivity contribution is 0.0290. The van der Waals surface area contributed by atoms with Gasteiger partial charge in [-0.25, -0.2) is 9.18 Å². The van der Waals surface area contributed by atoms with Crippen LogP contribution in [0.4, 0.5) is 19.9 Å². The SMILES string of the molecule is Cc1nnc2n1CC(C)(C)Cc1c-2sc(Nc2ccc(I)cc2F)c1C(=O)NC1CCN(C(=O)OC(C)(C)C)C1. The van der Waals surface area contributed by atoms with Crippen molar-refractivity contribution in [2.75, 3.05) is 18.4 Å². The van der Waals surface area contributed by atoms with Crippen molar-refractivity contribution in [1.29, 1.82) is 0 Å². The Bertz CT molecular complexity index is 1480. The lowest BCUT2D eigenvalue weighted by atomic mass is 9.85. The van der Waals surface area contributed by atoms with Crippen molar-refractivity contribution in [2.24, 2.45) is 5.41 Å². The van der Waals surface area contributed by atoms with Gasteiger partial charge in [-0.1, -0.05) is 13.8 Å². The third-order valence-corrected chi connectivity index (χ3v) is 8.78. The van der Waals surface area contributed by atoms with Crippen LogP contribution in [-0.2, 0) is 17.7 Å². The molecule has 1 saturated heterocycles. The van der Waals surface area contributed by atoms with E-state index >= 15 is 0 Å². The number of carbonyl (C=O) groups is 2. The van der Waals surface area contributed by atoms with Crippen LogP contribution in [0.15, 0.2) is 18.2 Å². The number of hydrogen-bond donors (Lipinski definition) is 2. The van der Waals surface area contributed by atoms with Gasteiger partial charge in [0, 0.05) is 29.2 Å². The van der Waals surface area contributed by atoms with Crippen LogP contribution in [0.25, 0.3) is 10.7 Å². The predicted octanol–water partition coefficient (Wildman–Crippen LogP) is 6.12. The Morgan fingerprint density at radius 1 is 1.25 bits per heavy atom. The van der Waals surface area contributed by atoms with E-state index in [2.05, 4.69) is 61.8 Å². The second-order valence-corrected chi connectivity index (χ2v) is 14.5. The zero-order chi connectivity index (χ0) is 29.0. The maximum atomic E-state index is 14.9. The van der Waals surface area contributed by atoms with Crippen LogP contribution in [-0.4, -0.2) is 56.4 Å². The van der Waals surface area contributed by atoms with Crippen LogP contribution in [0.5, 0.6) is 0 Å². The molecule has 2 amide bonds. The molecule has 1 unspecified atom stereocenters. The predicted molar refractivity (Wildman–Crippen MR) is 162 cm³/mol. The fraction of sp³-hybridized carbons (Fsp3) is 0.500. The first-order valence-corrected chi connectivity index (χ1v) is 15.2. The fourth-order valence-corrected chi connectivity index (χ4v) is 6.86. The van der Waals surface area contributed by atoms with E-state index in [0.29, 0.717) is 54.6 Å². The van der Waals surface area contributed by atoms with Gasteiger partial charge in [0.15, 0.2) is 5.82 Å². The molecule has 0 aliphatic carbocycles. The van der Waals surface area contributed by atoms with Gasteiger partial charge in [-0.15, -0.1) is 21.5 Å². The van der Waals surface area contributed by atoms with E-state index in [-0.39, 0.29) is 23.5 Å². The summed E-state index contributed by atoms with van der Waals surface area (Å²) in [7, 11) is 0. The van der Waals surface area contributed by atoms with E-state index in [1.807, 2.05) is 33.8 Å². The number of likely N-dealkylation sites (tertiary alicyclic amines) is 1. The number of nitrogens with one attached hydrogen (secondary N) is 2. The molecule has 12 heteroatoms.